The molecule has 1 rings (SSSR count). The van der Waals surface area contributed by atoms with E-state index < -0.39 is 0 Å². The van der Waals surface area contributed by atoms with Crippen LogP contribution in [0.5, 0.6) is 0 Å². The molecule has 0 aromatic rings. The van der Waals surface area contributed by atoms with Crippen molar-refractivity contribution in [1.82, 2.24) is 0 Å². The zero-order valence-electron chi connectivity index (χ0n) is 18.1. The highest BCUT2D eigenvalue weighted by molar-refractivity contribution is 4.50. The van der Waals surface area contributed by atoms with Gasteiger partial charge in [-0.05, 0) is 25.7 Å². The van der Waals surface area contributed by atoms with Crippen molar-refractivity contribution in [3.63, 3.8) is 0 Å². The van der Waals surface area contributed by atoms with E-state index in [9.17, 15) is 0 Å². The number of unbranched alkanes of at least 4 members (excludes halogenated alkanes) is 13. The third-order valence-electron chi connectivity index (χ3n) is 5.94. The molecule has 0 spiro atoms. The summed E-state index contributed by atoms with van der Waals surface area (Å²) in [5.74, 6) is 0. The van der Waals surface area contributed by atoms with Crippen LogP contribution in [0.2, 0.25) is 0 Å². The van der Waals surface area contributed by atoms with Crippen LogP contribution in [0.1, 0.15) is 116 Å². The summed E-state index contributed by atoms with van der Waals surface area (Å²) < 4.78 is 7.11. The Morgan fingerprint density at radius 3 is 1.50 bits per heavy atom. The number of nitrogens with zero attached hydrogens (tertiary/aromatic N) is 1. The van der Waals surface area contributed by atoms with Crippen LogP contribution >= 0.6 is 0 Å². The minimum atomic E-state index is 0. The fourth-order valence-corrected chi connectivity index (χ4v) is 4.09. The van der Waals surface area contributed by atoms with Gasteiger partial charge in [-0.2, -0.15) is 0 Å². The number of hydrogen-bond donors (Lipinski definition) is 0. The summed E-state index contributed by atoms with van der Waals surface area (Å²) in [5, 5.41) is 0. The smallest absolute Gasteiger partial charge is 0.182 e. The highest BCUT2D eigenvalue weighted by Gasteiger charge is 2.24. The van der Waals surface area contributed by atoms with E-state index >= 15 is 0 Å². The van der Waals surface area contributed by atoms with E-state index in [0.29, 0.717) is 0 Å². The molecule has 1 aliphatic heterocycles. The fourth-order valence-electron chi connectivity index (χ4n) is 4.09. The van der Waals surface area contributed by atoms with Gasteiger partial charge in [-0.25, -0.2) is 0 Å². The number of rotatable bonds is 17. The number of hydrogen-bond acceptors (Lipinski definition) is 1. The minimum Gasteiger partial charge on any atom is -1.00 e. The summed E-state index contributed by atoms with van der Waals surface area (Å²) in [6.07, 6.45) is 24.2. The molecule has 0 aromatic heterocycles. The van der Waals surface area contributed by atoms with Gasteiger partial charge in [-0.15, -0.1) is 0 Å². The molecule has 0 aliphatic carbocycles. The van der Waals surface area contributed by atoms with Crippen LogP contribution in [0.25, 0.3) is 0 Å². The first-order chi connectivity index (χ1) is 12.3. The van der Waals surface area contributed by atoms with Crippen molar-refractivity contribution in [1.29, 1.82) is 0 Å². The van der Waals surface area contributed by atoms with Crippen LogP contribution in [0.4, 0.5) is 0 Å². The molecule has 26 heavy (non-hydrogen) atoms. The van der Waals surface area contributed by atoms with E-state index in [-0.39, 0.29) is 12.4 Å². The van der Waals surface area contributed by atoms with E-state index in [4.69, 9.17) is 4.74 Å². The SMILES string of the molecule is CCCCCCCCCCCCCCCCOC[N+]1(C)CCCCC1.[Cl-]. The summed E-state index contributed by atoms with van der Waals surface area (Å²) in [6.45, 7) is 6.85. The van der Waals surface area contributed by atoms with Gasteiger partial charge in [0.05, 0.1) is 26.7 Å². The van der Waals surface area contributed by atoms with Crippen LogP contribution in [0.3, 0.4) is 0 Å². The second-order valence-electron chi connectivity index (χ2n) is 8.76. The van der Waals surface area contributed by atoms with Gasteiger partial charge >= 0.3 is 0 Å². The standard InChI is InChI=1S/C23H48NO.ClH/c1-3-4-5-6-7-8-9-10-11-12-13-14-15-19-22-25-23-24(2)20-17-16-18-21-24;/h3-23H2,1-2H3;1H/q+1;/p-1. The van der Waals surface area contributed by atoms with Gasteiger partial charge in [-0.1, -0.05) is 90.4 Å². The topological polar surface area (TPSA) is 9.23 Å². The Morgan fingerprint density at radius 2 is 1.04 bits per heavy atom. The van der Waals surface area contributed by atoms with Crippen molar-refractivity contribution in [2.75, 3.05) is 33.5 Å². The molecule has 0 bridgehead atoms. The van der Waals surface area contributed by atoms with E-state index in [0.717, 1.165) is 17.8 Å². The molecule has 1 saturated heterocycles. The highest BCUT2D eigenvalue weighted by Crippen LogP contribution is 2.16. The molecule has 0 unspecified atom stereocenters. The van der Waals surface area contributed by atoms with E-state index in [1.807, 2.05) is 0 Å². The lowest BCUT2D eigenvalue weighted by Crippen LogP contribution is -3.00. The summed E-state index contributed by atoms with van der Waals surface area (Å²) >= 11 is 0. The number of quaternary nitrogens is 1. The Hall–Kier alpha value is 0.210. The van der Waals surface area contributed by atoms with E-state index in [1.54, 1.807) is 0 Å². The summed E-state index contributed by atoms with van der Waals surface area (Å²) in [4.78, 5) is 0. The predicted molar refractivity (Wildman–Crippen MR) is 111 cm³/mol. The normalized spacial score (nSPS) is 16.4. The van der Waals surface area contributed by atoms with Crippen LogP contribution in [-0.4, -0.2) is 38.0 Å². The predicted octanol–water partition coefficient (Wildman–Crippen LogP) is 4.08. The van der Waals surface area contributed by atoms with Crippen molar-refractivity contribution in [2.45, 2.75) is 116 Å². The van der Waals surface area contributed by atoms with Crippen molar-refractivity contribution < 1.29 is 21.6 Å². The number of ether oxygens (including phenoxy) is 1. The first kappa shape index (κ1) is 26.2. The zero-order valence-corrected chi connectivity index (χ0v) is 18.8. The largest absolute Gasteiger partial charge is 1.00 e. The Kier molecular flexibility index (Phi) is 18.7. The van der Waals surface area contributed by atoms with E-state index in [1.165, 1.54) is 122 Å². The van der Waals surface area contributed by atoms with Crippen molar-refractivity contribution >= 4 is 0 Å². The van der Waals surface area contributed by atoms with Crippen LogP contribution in [0, 0.1) is 0 Å². The number of halogens is 1. The fraction of sp³-hybridized carbons (Fsp3) is 1.00. The van der Waals surface area contributed by atoms with Gasteiger partial charge < -0.3 is 21.6 Å². The average Bonchev–Trinajstić information content (AvgIpc) is 2.62. The van der Waals surface area contributed by atoms with Crippen LogP contribution < -0.4 is 12.4 Å². The summed E-state index contributed by atoms with van der Waals surface area (Å²) in [6, 6.07) is 0. The second-order valence-corrected chi connectivity index (χ2v) is 8.76. The Balaban J connectivity index is 0.00000625. The molecule has 1 aliphatic rings. The highest BCUT2D eigenvalue weighted by atomic mass is 35.5. The maximum Gasteiger partial charge on any atom is 0.182 e. The third kappa shape index (κ3) is 15.3. The van der Waals surface area contributed by atoms with Gasteiger partial charge in [-0.3, -0.25) is 0 Å². The molecule has 1 heterocycles. The molecular formula is C23H48ClNO. The Morgan fingerprint density at radius 1 is 0.615 bits per heavy atom. The molecule has 0 aromatic carbocycles. The molecule has 158 valence electrons. The quantitative estimate of drug-likeness (QED) is 0.269. The lowest BCUT2D eigenvalue weighted by molar-refractivity contribution is -0.932. The number of likely N-dealkylation sites (tertiary alicyclic amines) is 1. The van der Waals surface area contributed by atoms with Gasteiger partial charge in [0, 0.05) is 0 Å². The van der Waals surface area contributed by atoms with Gasteiger partial charge in [0.15, 0.2) is 6.73 Å². The molecule has 0 saturated carbocycles. The van der Waals surface area contributed by atoms with Crippen molar-refractivity contribution in [3.8, 4) is 0 Å². The number of piperidine rings is 1. The molecule has 0 atom stereocenters. The molecular weight excluding hydrogens is 342 g/mol. The van der Waals surface area contributed by atoms with E-state index in [2.05, 4.69) is 14.0 Å². The first-order valence-electron chi connectivity index (χ1n) is 11.7. The summed E-state index contributed by atoms with van der Waals surface area (Å²) in [7, 11) is 2.37. The molecule has 0 amide bonds. The lowest BCUT2D eigenvalue weighted by Gasteiger charge is -2.37. The maximum absolute atomic E-state index is 5.96. The van der Waals surface area contributed by atoms with Gasteiger partial charge in [0.25, 0.3) is 0 Å². The summed E-state index contributed by atoms with van der Waals surface area (Å²) in [5.41, 5.74) is 0. The molecule has 3 heteroatoms. The first-order valence-corrected chi connectivity index (χ1v) is 11.7. The molecule has 0 radical (unpaired) electrons. The third-order valence-corrected chi connectivity index (χ3v) is 5.94. The Bertz CT molecular complexity index is 279. The van der Waals surface area contributed by atoms with Gasteiger partial charge in [0.1, 0.15) is 0 Å². The molecule has 2 nitrogen and oxygen atoms in total. The minimum absolute atomic E-state index is 0. The van der Waals surface area contributed by atoms with Gasteiger partial charge in [0.2, 0.25) is 0 Å². The van der Waals surface area contributed by atoms with Crippen molar-refractivity contribution in [2.24, 2.45) is 0 Å². The second kappa shape index (κ2) is 18.6. The zero-order chi connectivity index (χ0) is 18.1. The average molecular weight is 390 g/mol. The Labute approximate surface area is 171 Å². The lowest BCUT2D eigenvalue weighted by atomic mass is 10.0. The van der Waals surface area contributed by atoms with Crippen LogP contribution in [-0.2, 0) is 4.74 Å². The monoisotopic (exact) mass is 389 g/mol. The van der Waals surface area contributed by atoms with Crippen LogP contribution in [0.15, 0.2) is 0 Å². The maximum atomic E-state index is 5.96. The van der Waals surface area contributed by atoms with Crippen molar-refractivity contribution in [3.05, 3.63) is 0 Å². The molecule has 1 fully saturated rings. The molecule has 0 N–H and O–H groups in total.